The largest absolute Gasteiger partial charge is 0.363 e. The van der Waals surface area contributed by atoms with Crippen LogP contribution in [0.25, 0.3) is 0 Å². The number of hydrogen-bond acceptors (Lipinski definition) is 2. The Balaban J connectivity index is 1.77. The Morgan fingerprint density at radius 3 is 3.00 bits per heavy atom. The van der Waals surface area contributed by atoms with Crippen LogP contribution in [-0.2, 0) is 4.79 Å². The molecule has 3 N–H and O–H groups in total. The molecular formula is C12H17N3O. The molecule has 0 radical (unpaired) electrons. The zero-order valence-electron chi connectivity index (χ0n) is 9.23. The van der Waals surface area contributed by atoms with Crippen LogP contribution in [0.4, 0.5) is 0 Å². The van der Waals surface area contributed by atoms with Gasteiger partial charge in [0.15, 0.2) is 0 Å². The summed E-state index contributed by atoms with van der Waals surface area (Å²) in [7, 11) is 0. The summed E-state index contributed by atoms with van der Waals surface area (Å²) in [6, 6.07) is 4.40. The molecule has 1 aliphatic carbocycles. The van der Waals surface area contributed by atoms with Gasteiger partial charge in [-0.05, 0) is 31.4 Å². The van der Waals surface area contributed by atoms with Crippen molar-refractivity contribution in [3.05, 3.63) is 24.0 Å². The second-order valence-corrected chi connectivity index (χ2v) is 4.82. The highest BCUT2D eigenvalue weighted by molar-refractivity contribution is 5.83. The number of nitrogens with one attached hydrogen (secondary N) is 1. The molecule has 2 fully saturated rings. The van der Waals surface area contributed by atoms with Crippen LogP contribution in [0.5, 0.6) is 0 Å². The van der Waals surface area contributed by atoms with Crippen molar-refractivity contribution in [2.24, 2.45) is 11.7 Å². The van der Waals surface area contributed by atoms with Gasteiger partial charge in [-0.2, -0.15) is 0 Å². The van der Waals surface area contributed by atoms with Crippen molar-refractivity contribution < 1.29 is 4.79 Å². The molecular weight excluding hydrogens is 202 g/mol. The second-order valence-electron chi connectivity index (χ2n) is 4.82. The van der Waals surface area contributed by atoms with E-state index in [1.807, 2.05) is 17.2 Å². The quantitative estimate of drug-likeness (QED) is 0.780. The highest BCUT2D eigenvalue weighted by Crippen LogP contribution is 2.37. The molecule has 2 heterocycles. The van der Waals surface area contributed by atoms with Gasteiger partial charge in [-0.3, -0.25) is 4.79 Å². The van der Waals surface area contributed by atoms with E-state index >= 15 is 0 Å². The molecule has 3 unspecified atom stereocenters. The monoisotopic (exact) mass is 219 g/mol. The number of rotatable bonds is 2. The van der Waals surface area contributed by atoms with E-state index < -0.39 is 0 Å². The Labute approximate surface area is 94.8 Å². The maximum Gasteiger partial charge on any atom is 0.227 e. The number of likely N-dealkylation sites (tertiary alicyclic amines) is 1. The highest BCUT2D eigenvalue weighted by Gasteiger charge is 2.45. The zero-order valence-corrected chi connectivity index (χ0v) is 9.23. The smallest absolute Gasteiger partial charge is 0.227 e. The minimum Gasteiger partial charge on any atom is -0.363 e. The number of H-pyrrole nitrogens is 1. The van der Waals surface area contributed by atoms with Crippen molar-refractivity contribution >= 4 is 5.91 Å². The van der Waals surface area contributed by atoms with Gasteiger partial charge >= 0.3 is 0 Å². The van der Waals surface area contributed by atoms with Gasteiger partial charge in [0, 0.05) is 24.5 Å². The van der Waals surface area contributed by atoms with Gasteiger partial charge in [-0.1, -0.05) is 0 Å². The molecule has 1 aromatic rings. The lowest BCUT2D eigenvalue weighted by molar-refractivity contribution is -0.133. The maximum absolute atomic E-state index is 12.2. The van der Waals surface area contributed by atoms with Crippen molar-refractivity contribution in [1.82, 2.24) is 9.88 Å². The predicted octanol–water partition coefficient (Wildman–Crippen LogP) is 1.03. The maximum atomic E-state index is 12.2. The number of nitrogens with zero attached hydrogens (tertiary/aromatic N) is 1. The fourth-order valence-corrected chi connectivity index (χ4v) is 2.62. The van der Waals surface area contributed by atoms with E-state index in [1.165, 1.54) is 0 Å². The number of hydrogen-bond donors (Lipinski definition) is 2. The number of carbonyl (C=O) groups excluding carboxylic acids is 1. The van der Waals surface area contributed by atoms with Crippen LogP contribution in [0, 0.1) is 5.92 Å². The molecule has 1 saturated carbocycles. The molecule has 0 spiro atoms. The average molecular weight is 219 g/mol. The van der Waals surface area contributed by atoms with Crippen LogP contribution in [0.1, 0.15) is 31.0 Å². The highest BCUT2D eigenvalue weighted by atomic mass is 16.2. The normalized spacial score (nSPS) is 33.1. The van der Waals surface area contributed by atoms with Gasteiger partial charge in [0.25, 0.3) is 0 Å². The van der Waals surface area contributed by atoms with Gasteiger partial charge in [0.2, 0.25) is 5.91 Å². The van der Waals surface area contributed by atoms with E-state index in [0.29, 0.717) is 0 Å². The number of aromatic amines is 1. The molecule has 1 amide bonds. The fraction of sp³-hybridized carbons (Fsp3) is 0.583. The number of amides is 1. The van der Waals surface area contributed by atoms with Gasteiger partial charge in [0.1, 0.15) is 0 Å². The van der Waals surface area contributed by atoms with Gasteiger partial charge in [-0.25, -0.2) is 0 Å². The van der Waals surface area contributed by atoms with E-state index in [9.17, 15) is 4.79 Å². The Bertz CT molecular complexity index is 387. The first-order chi connectivity index (χ1) is 7.77. The van der Waals surface area contributed by atoms with Gasteiger partial charge in [-0.15, -0.1) is 0 Å². The van der Waals surface area contributed by atoms with Crippen LogP contribution >= 0.6 is 0 Å². The second kappa shape index (κ2) is 3.63. The Morgan fingerprint density at radius 2 is 2.38 bits per heavy atom. The average Bonchev–Trinajstić information content (AvgIpc) is 2.81. The summed E-state index contributed by atoms with van der Waals surface area (Å²) in [6.45, 7) is 0.881. The molecule has 3 rings (SSSR count). The molecule has 1 aromatic heterocycles. The zero-order chi connectivity index (χ0) is 11.1. The SMILES string of the molecule is NC1CC1C(=O)N1CCCC1c1ccc[nH]1. The minimum absolute atomic E-state index is 0.0931. The van der Waals surface area contributed by atoms with E-state index in [2.05, 4.69) is 11.1 Å². The molecule has 2 aliphatic rings. The summed E-state index contributed by atoms with van der Waals surface area (Å²) >= 11 is 0. The first-order valence-corrected chi connectivity index (χ1v) is 5.96. The lowest BCUT2D eigenvalue weighted by Crippen LogP contribution is -2.33. The third kappa shape index (κ3) is 1.53. The minimum atomic E-state index is 0.0931. The van der Waals surface area contributed by atoms with Crippen molar-refractivity contribution in [3.8, 4) is 0 Å². The Kier molecular flexibility index (Phi) is 2.24. The first-order valence-electron chi connectivity index (χ1n) is 5.96. The Hall–Kier alpha value is -1.29. The summed E-state index contributed by atoms with van der Waals surface area (Å²) in [5.41, 5.74) is 6.90. The summed E-state index contributed by atoms with van der Waals surface area (Å²) in [5, 5.41) is 0. The van der Waals surface area contributed by atoms with E-state index in [4.69, 9.17) is 5.73 Å². The summed E-state index contributed by atoms with van der Waals surface area (Å²) in [6.07, 6.45) is 4.94. The molecule has 86 valence electrons. The van der Waals surface area contributed by atoms with E-state index in [-0.39, 0.29) is 23.9 Å². The molecule has 0 aromatic carbocycles. The van der Waals surface area contributed by atoms with E-state index in [1.54, 1.807) is 0 Å². The molecule has 1 saturated heterocycles. The van der Waals surface area contributed by atoms with Crippen LogP contribution in [0.3, 0.4) is 0 Å². The van der Waals surface area contributed by atoms with Gasteiger partial charge in [0.05, 0.1) is 12.0 Å². The molecule has 3 atom stereocenters. The topological polar surface area (TPSA) is 62.1 Å². The lowest BCUT2D eigenvalue weighted by atomic mass is 10.1. The van der Waals surface area contributed by atoms with Crippen molar-refractivity contribution in [2.45, 2.75) is 31.3 Å². The standard InChI is InChI=1S/C12H17N3O/c13-9-7-8(9)12(16)15-6-2-4-11(15)10-3-1-5-14-10/h1,3,5,8-9,11,14H,2,4,6-7,13H2. The van der Waals surface area contributed by atoms with Crippen LogP contribution in [0.15, 0.2) is 18.3 Å². The fourth-order valence-electron chi connectivity index (χ4n) is 2.62. The number of nitrogens with two attached hydrogens (primary N) is 1. The third-order valence-electron chi connectivity index (χ3n) is 3.67. The van der Waals surface area contributed by atoms with Gasteiger partial charge < -0.3 is 15.6 Å². The Morgan fingerprint density at radius 1 is 1.56 bits per heavy atom. The molecule has 0 bridgehead atoms. The summed E-state index contributed by atoms with van der Waals surface area (Å²) in [5.74, 6) is 0.347. The third-order valence-corrected chi connectivity index (χ3v) is 3.67. The van der Waals surface area contributed by atoms with E-state index in [0.717, 1.165) is 31.5 Å². The predicted molar refractivity (Wildman–Crippen MR) is 60.6 cm³/mol. The number of carbonyl (C=O) groups is 1. The lowest BCUT2D eigenvalue weighted by Gasteiger charge is -2.24. The van der Waals surface area contributed by atoms with Crippen molar-refractivity contribution in [2.75, 3.05) is 6.54 Å². The molecule has 16 heavy (non-hydrogen) atoms. The van der Waals surface area contributed by atoms with Crippen LogP contribution in [0.2, 0.25) is 0 Å². The first kappa shape index (κ1) is 9.90. The van der Waals surface area contributed by atoms with Crippen LogP contribution in [-0.4, -0.2) is 28.4 Å². The summed E-state index contributed by atoms with van der Waals surface area (Å²) < 4.78 is 0. The molecule has 1 aliphatic heterocycles. The van der Waals surface area contributed by atoms with Crippen molar-refractivity contribution in [1.29, 1.82) is 0 Å². The van der Waals surface area contributed by atoms with Crippen LogP contribution < -0.4 is 5.73 Å². The number of aromatic nitrogens is 1. The molecule has 4 heteroatoms. The molecule has 4 nitrogen and oxygen atoms in total. The van der Waals surface area contributed by atoms with Crippen molar-refractivity contribution in [3.63, 3.8) is 0 Å². The summed E-state index contributed by atoms with van der Waals surface area (Å²) in [4.78, 5) is 17.4.